The zero-order valence-electron chi connectivity index (χ0n) is 16.5. The van der Waals surface area contributed by atoms with Crippen LogP contribution in [0.4, 0.5) is 0 Å². The molecule has 2 aliphatic rings. The summed E-state index contributed by atoms with van der Waals surface area (Å²) < 4.78 is 6.75. The van der Waals surface area contributed by atoms with E-state index in [0.717, 1.165) is 19.3 Å². The van der Waals surface area contributed by atoms with Gasteiger partial charge in [0.1, 0.15) is 5.78 Å². The van der Waals surface area contributed by atoms with Gasteiger partial charge in [0.05, 0.1) is 8.07 Å². The Labute approximate surface area is 145 Å². The Morgan fingerprint density at radius 3 is 2.17 bits per heavy atom. The molecule has 0 bridgehead atoms. The Bertz CT molecular complexity index is 494. The SMILES string of the molecule is CC(C)(C)[Si](C)(C)O[C@H]1CCC(=O)[C@@H]2C(=C[Si](C)(C)C)CC[C@@H]21. The number of rotatable bonds is 3. The maximum absolute atomic E-state index is 12.6. The highest BCUT2D eigenvalue weighted by molar-refractivity contribution is 6.81. The van der Waals surface area contributed by atoms with Crippen molar-refractivity contribution in [2.45, 2.75) is 90.3 Å². The summed E-state index contributed by atoms with van der Waals surface area (Å²) in [5.41, 5.74) is 3.94. The molecule has 0 aromatic rings. The van der Waals surface area contributed by atoms with E-state index in [1.165, 1.54) is 5.57 Å². The van der Waals surface area contributed by atoms with E-state index >= 15 is 0 Å². The normalized spacial score (nSPS) is 31.6. The van der Waals surface area contributed by atoms with Crippen molar-refractivity contribution >= 4 is 22.2 Å². The molecule has 0 aromatic heterocycles. The first kappa shape index (κ1) is 19.1. The molecule has 0 amide bonds. The maximum Gasteiger partial charge on any atom is 0.192 e. The Kier molecular flexibility index (Phi) is 5.21. The van der Waals surface area contributed by atoms with Gasteiger partial charge in [0.25, 0.3) is 0 Å². The van der Waals surface area contributed by atoms with Crippen LogP contribution in [0, 0.1) is 11.8 Å². The Hall–Kier alpha value is -0.196. The number of fused-ring (bicyclic) bond motifs is 1. The van der Waals surface area contributed by atoms with Crippen molar-refractivity contribution in [1.29, 1.82) is 0 Å². The summed E-state index contributed by atoms with van der Waals surface area (Å²) >= 11 is 0. The average Bonchev–Trinajstić information content (AvgIpc) is 2.74. The van der Waals surface area contributed by atoms with Crippen LogP contribution in [0.5, 0.6) is 0 Å². The number of hydrogen-bond acceptors (Lipinski definition) is 2. The van der Waals surface area contributed by atoms with Crippen LogP contribution in [0.2, 0.25) is 37.8 Å². The number of hydrogen-bond donors (Lipinski definition) is 0. The molecule has 0 unspecified atom stereocenters. The predicted molar refractivity (Wildman–Crippen MR) is 104 cm³/mol. The number of ketones is 1. The summed E-state index contributed by atoms with van der Waals surface area (Å²) in [5, 5.41) is 0.236. The van der Waals surface area contributed by atoms with Crippen molar-refractivity contribution in [2.24, 2.45) is 11.8 Å². The highest BCUT2D eigenvalue weighted by Crippen LogP contribution is 2.48. The van der Waals surface area contributed by atoms with Crippen LogP contribution in [0.3, 0.4) is 0 Å². The lowest BCUT2D eigenvalue weighted by atomic mass is 9.77. The molecule has 4 heteroatoms. The van der Waals surface area contributed by atoms with Gasteiger partial charge in [-0.2, -0.15) is 0 Å². The first-order valence-electron chi connectivity index (χ1n) is 9.24. The second-order valence-electron chi connectivity index (χ2n) is 10.2. The molecular weight excluding hydrogens is 316 g/mol. The molecule has 0 saturated heterocycles. The average molecular weight is 353 g/mol. The molecule has 0 radical (unpaired) electrons. The summed E-state index contributed by atoms with van der Waals surface area (Å²) in [6.45, 7) is 18.7. The van der Waals surface area contributed by atoms with Gasteiger partial charge in [0.15, 0.2) is 8.32 Å². The van der Waals surface area contributed by atoms with Crippen molar-refractivity contribution in [3.8, 4) is 0 Å². The quantitative estimate of drug-likeness (QED) is 0.621. The van der Waals surface area contributed by atoms with Crippen molar-refractivity contribution in [1.82, 2.24) is 0 Å². The monoisotopic (exact) mass is 352 g/mol. The Morgan fingerprint density at radius 2 is 1.65 bits per heavy atom. The fraction of sp³-hybridized carbons (Fsp3) is 0.842. The lowest BCUT2D eigenvalue weighted by Gasteiger charge is -2.43. The van der Waals surface area contributed by atoms with Crippen molar-refractivity contribution < 1.29 is 9.22 Å². The van der Waals surface area contributed by atoms with Crippen LogP contribution < -0.4 is 0 Å². The number of carbonyl (C=O) groups is 1. The van der Waals surface area contributed by atoms with E-state index in [2.05, 4.69) is 59.2 Å². The van der Waals surface area contributed by atoms with E-state index in [0.29, 0.717) is 24.2 Å². The second kappa shape index (κ2) is 6.27. The van der Waals surface area contributed by atoms with Gasteiger partial charge in [-0.05, 0) is 43.3 Å². The molecule has 0 aromatic carbocycles. The zero-order chi connectivity index (χ0) is 17.6. The van der Waals surface area contributed by atoms with E-state index in [4.69, 9.17) is 4.43 Å². The Balaban J connectivity index is 2.22. The third kappa shape index (κ3) is 4.26. The maximum atomic E-state index is 12.6. The van der Waals surface area contributed by atoms with Gasteiger partial charge < -0.3 is 4.43 Å². The van der Waals surface area contributed by atoms with Gasteiger partial charge in [-0.3, -0.25) is 4.79 Å². The van der Waals surface area contributed by atoms with Crippen LogP contribution in [0.1, 0.15) is 46.5 Å². The molecule has 2 rings (SSSR count). The van der Waals surface area contributed by atoms with Crippen molar-refractivity contribution in [3.63, 3.8) is 0 Å². The summed E-state index contributed by atoms with van der Waals surface area (Å²) in [5.74, 6) is 1.09. The lowest BCUT2D eigenvalue weighted by molar-refractivity contribution is -0.127. The molecule has 0 spiro atoms. The van der Waals surface area contributed by atoms with Crippen LogP contribution in [-0.4, -0.2) is 28.3 Å². The first-order chi connectivity index (χ1) is 10.3. The summed E-state index contributed by atoms with van der Waals surface area (Å²) in [4.78, 5) is 12.6. The highest BCUT2D eigenvalue weighted by Gasteiger charge is 2.48. The van der Waals surface area contributed by atoms with Gasteiger partial charge in [-0.25, -0.2) is 0 Å². The Morgan fingerprint density at radius 1 is 1.04 bits per heavy atom. The highest BCUT2D eigenvalue weighted by atomic mass is 28.4. The van der Waals surface area contributed by atoms with Crippen LogP contribution in [0.15, 0.2) is 11.3 Å². The van der Waals surface area contributed by atoms with Gasteiger partial charge >= 0.3 is 0 Å². The van der Waals surface area contributed by atoms with Gasteiger partial charge in [-0.1, -0.05) is 51.7 Å². The fourth-order valence-electron chi connectivity index (χ4n) is 3.85. The molecule has 0 heterocycles. The zero-order valence-corrected chi connectivity index (χ0v) is 18.5. The van der Waals surface area contributed by atoms with Crippen molar-refractivity contribution in [2.75, 3.05) is 0 Å². The van der Waals surface area contributed by atoms with Gasteiger partial charge in [-0.15, -0.1) is 0 Å². The number of carbonyl (C=O) groups excluding carboxylic acids is 1. The van der Waals surface area contributed by atoms with E-state index < -0.39 is 16.4 Å². The summed E-state index contributed by atoms with van der Waals surface area (Å²) in [6.07, 6.45) is 4.21. The number of allylic oxidation sites excluding steroid dienone is 1. The minimum absolute atomic E-state index is 0.172. The number of Topliss-reactive ketones (excluding diaryl/α,β-unsaturated/α-hetero) is 1. The van der Waals surface area contributed by atoms with E-state index in [1.54, 1.807) is 0 Å². The first-order valence-corrected chi connectivity index (χ1v) is 15.7. The van der Waals surface area contributed by atoms with E-state index in [9.17, 15) is 4.79 Å². The minimum atomic E-state index is -1.77. The molecule has 2 saturated carbocycles. The van der Waals surface area contributed by atoms with Crippen LogP contribution in [0.25, 0.3) is 0 Å². The van der Waals surface area contributed by atoms with E-state index in [-0.39, 0.29) is 11.0 Å². The molecule has 3 atom stereocenters. The predicted octanol–water partition coefficient (Wildman–Crippen LogP) is 5.57. The third-order valence-electron chi connectivity index (χ3n) is 5.96. The molecule has 0 N–H and O–H groups in total. The molecule has 0 aliphatic heterocycles. The molecule has 132 valence electrons. The summed E-state index contributed by atoms with van der Waals surface area (Å²) in [7, 11) is -3.04. The van der Waals surface area contributed by atoms with Crippen LogP contribution >= 0.6 is 0 Å². The topological polar surface area (TPSA) is 26.3 Å². The molecule has 2 nitrogen and oxygen atoms in total. The minimum Gasteiger partial charge on any atom is -0.414 e. The second-order valence-corrected chi connectivity index (χ2v) is 20.0. The largest absolute Gasteiger partial charge is 0.414 e. The van der Waals surface area contributed by atoms with Gasteiger partial charge in [0.2, 0.25) is 0 Å². The molecule has 2 fully saturated rings. The molecular formula is C19H36O2Si2. The molecule has 2 aliphatic carbocycles. The van der Waals surface area contributed by atoms with Crippen molar-refractivity contribution in [3.05, 3.63) is 11.3 Å². The van der Waals surface area contributed by atoms with Gasteiger partial charge in [0, 0.05) is 18.4 Å². The molecule has 23 heavy (non-hydrogen) atoms. The standard InChI is InChI=1S/C19H36O2Si2/c1-19(2,3)23(7,8)21-17-12-11-16(20)18-14(9-10-15(17)18)13-22(4,5)6/h13,15,17-18H,9-12H2,1-8H3/t15-,17+,18-/m1/s1. The summed E-state index contributed by atoms with van der Waals surface area (Å²) in [6, 6.07) is 0. The smallest absolute Gasteiger partial charge is 0.192 e. The fourth-order valence-corrected chi connectivity index (χ4v) is 6.69. The third-order valence-corrected chi connectivity index (χ3v) is 11.7. The van der Waals surface area contributed by atoms with Crippen LogP contribution in [-0.2, 0) is 9.22 Å². The lowest BCUT2D eigenvalue weighted by Crippen LogP contribution is -2.48. The van der Waals surface area contributed by atoms with E-state index in [1.807, 2.05) is 0 Å².